The van der Waals surface area contributed by atoms with Gasteiger partial charge in [0.1, 0.15) is 0 Å². The number of aryl methyl sites for hydroxylation is 1. The number of thiazole rings is 1. The van der Waals surface area contributed by atoms with Crippen LogP contribution in [0.5, 0.6) is 0 Å². The lowest BCUT2D eigenvalue weighted by Crippen LogP contribution is -2.41. The molecule has 1 aliphatic rings. The molecule has 1 aromatic heterocycles. The molecule has 4 rings (SSSR count). The summed E-state index contributed by atoms with van der Waals surface area (Å²) in [6.45, 7) is 4.78. The number of amides is 1. The maximum absolute atomic E-state index is 13.0. The summed E-state index contributed by atoms with van der Waals surface area (Å²) in [7, 11) is -3.58. The zero-order valence-electron chi connectivity index (χ0n) is 18.1. The van der Waals surface area contributed by atoms with Gasteiger partial charge in [-0.25, -0.2) is 8.42 Å². The van der Waals surface area contributed by atoms with Gasteiger partial charge in [-0.15, -0.1) is 6.42 Å². The Hall–Kier alpha value is -2.73. The number of rotatable bonds is 4. The first-order valence-electron chi connectivity index (χ1n) is 10.6. The Balaban J connectivity index is 1.66. The molecule has 0 bridgehead atoms. The molecule has 166 valence electrons. The van der Waals surface area contributed by atoms with Crippen LogP contribution >= 0.6 is 11.3 Å². The maximum Gasteiger partial charge on any atom is 0.279 e. The van der Waals surface area contributed by atoms with E-state index < -0.39 is 15.9 Å². The van der Waals surface area contributed by atoms with Gasteiger partial charge >= 0.3 is 0 Å². The van der Waals surface area contributed by atoms with Gasteiger partial charge < -0.3 is 4.57 Å². The largest absolute Gasteiger partial charge is 0.305 e. The molecule has 0 aliphatic carbocycles. The van der Waals surface area contributed by atoms with E-state index in [0.29, 0.717) is 23.5 Å². The molecule has 1 aliphatic heterocycles. The second-order valence-corrected chi connectivity index (χ2v) is 10.9. The summed E-state index contributed by atoms with van der Waals surface area (Å²) >= 11 is 1.40. The lowest BCUT2D eigenvalue weighted by atomic mass is 10.1. The van der Waals surface area contributed by atoms with Crippen LogP contribution in [0.15, 0.2) is 52.4 Å². The number of carbonyl (C=O) groups excluding carboxylic acids is 1. The van der Waals surface area contributed by atoms with Crippen molar-refractivity contribution in [3.05, 3.63) is 58.4 Å². The zero-order valence-corrected chi connectivity index (χ0v) is 19.7. The summed E-state index contributed by atoms with van der Waals surface area (Å²) in [6.07, 6.45) is 8.30. The molecular weight excluding hydrogens is 442 g/mol. The average Bonchev–Trinajstić information content (AvgIpc) is 3.10. The molecule has 1 fully saturated rings. The van der Waals surface area contributed by atoms with Crippen LogP contribution < -0.4 is 4.80 Å². The standard InChI is InChI=1S/C24H25N3O3S2/c1-4-14-26-21-13-8-17(2)16-22(21)31-24(26)25-23(28)19-9-11-20(12-10-19)32(29,30)27-15-6-5-7-18(27)3/h1,8-13,16,18H,5-7,14-15H2,2-3H3. The van der Waals surface area contributed by atoms with Crippen LogP contribution in [-0.4, -0.2) is 35.8 Å². The second kappa shape index (κ2) is 9.02. The van der Waals surface area contributed by atoms with Gasteiger partial charge in [-0.1, -0.05) is 29.7 Å². The Morgan fingerprint density at radius 2 is 1.97 bits per heavy atom. The van der Waals surface area contributed by atoms with Crippen molar-refractivity contribution >= 4 is 37.5 Å². The van der Waals surface area contributed by atoms with E-state index >= 15 is 0 Å². The Kier molecular flexibility index (Phi) is 6.33. The highest BCUT2D eigenvalue weighted by Gasteiger charge is 2.30. The SMILES string of the molecule is C#CCn1c(=NC(=O)c2ccc(S(=O)(=O)N3CCCCC3C)cc2)sc2cc(C)ccc21. The van der Waals surface area contributed by atoms with Gasteiger partial charge in [0, 0.05) is 18.2 Å². The fourth-order valence-electron chi connectivity index (χ4n) is 3.99. The number of nitrogens with zero attached hydrogens (tertiary/aromatic N) is 3. The molecule has 1 atom stereocenters. The summed E-state index contributed by atoms with van der Waals surface area (Å²) < 4.78 is 30.4. The third-order valence-corrected chi connectivity index (χ3v) is 8.80. The molecule has 1 unspecified atom stereocenters. The van der Waals surface area contributed by atoms with Crippen molar-refractivity contribution in [2.75, 3.05) is 6.54 Å². The predicted octanol–water partition coefficient (Wildman–Crippen LogP) is 3.95. The van der Waals surface area contributed by atoms with Gasteiger partial charge in [-0.2, -0.15) is 9.30 Å². The molecule has 3 aromatic rings. The molecule has 8 heteroatoms. The van der Waals surface area contributed by atoms with Crippen molar-refractivity contribution in [1.82, 2.24) is 8.87 Å². The van der Waals surface area contributed by atoms with Gasteiger partial charge in [-0.3, -0.25) is 4.79 Å². The number of aromatic nitrogens is 1. The van der Waals surface area contributed by atoms with Crippen molar-refractivity contribution < 1.29 is 13.2 Å². The van der Waals surface area contributed by atoms with Gasteiger partial charge in [-0.05, 0) is 68.7 Å². The molecule has 1 amide bonds. The number of sulfonamides is 1. The van der Waals surface area contributed by atoms with Crippen molar-refractivity contribution in [1.29, 1.82) is 0 Å². The van der Waals surface area contributed by atoms with Crippen LogP contribution in [0.3, 0.4) is 0 Å². The van der Waals surface area contributed by atoms with Gasteiger partial charge in [0.05, 0.1) is 21.7 Å². The molecule has 0 saturated carbocycles. The van der Waals surface area contributed by atoms with E-state index in [1.165, 1.54) is 35.6 Å². The van der Waals surface area contributed by atoms with Crippen LogP contribution in [0.2, 0.25) is 0 Å². The van der Waals surface area contributed by atoms with Crippen LogP contribution in [0.25, 0.3) is 10.2 Å². The zero-order chi connectivity index (χ0) is 22.9. The average molecular weight is 468 g/mol. The highest BCUT2D eigenvalue weighted by atomic mass is 32.2. The number of hydrogen-bond acceptors (Lipinski definition) is 4. The predicted molar refractivity (Wildman–Crippen MR) is 127 cm³/mol. The molecular formula is C24H25N3O3S2. The molecule has 0 spiro atoms. The van der Waals surface area contributed by atoms with E-state index in [0.717, 1.165) is 35.0 Å². The molecule has 1 saturated heterocycles. The Bertz CT molecular complexity index is 1380. The monoisotopic (exact) mass is 467 g/mol. The summed E-state index contributed by atoms with van der Waals surface area (Å²) in [4.78, 5) is 17.9. The highest BCUT2D eigenvalue weighted by molar-refractivity contribution is 7.89. The molecule has 0 N–H and O–H groups in total. The number of carbonyl (C=O) groups is 1. The Morgan fingerprint density at radius 1 is 1.22 bits per heavy atom. The molecule has 2 aromatic carbocycles. The normalized spacial score (nSPS) is 18.0. The van der Waals surface area contributed by atoms with Crippen LogP contribution in [0.4, 0.5) is 0 Å². The fourth-order valence-corrected chi connectivity index (χ4v) is 6.82. The number of benzene rings is 2. The summed E-state index contributed by atoms with van der Waals surface area (Å²) in [5, 5.41) is 0. The number of fused-ring (bicyclic) bond motifs is 1. The van der Waals surface area contributed by atoms with E-state index in [2.05, 4.69) is 10.9 Å². The van der Waals surface area contributed by atoms with Crippen molar-refractivity contribution in [2.24, 2.45) is 4.99 Å². The van der Waals surface area contributed by atoms with Crippen LogP contribution in [-0.2, 0) is 16.6 Å². The molecule has 6 nitrogen and oxygen atoms in total. The third-order valence-electron chi connectivity index (χ3n) is 5.73. The van der Waals surface area contributed by atoms with Gasteiger partial charge in [0.2, 0.25) is 10.0 Å². The number of hydrogen-bond donors (Lipinski definition) is 0. The molecule has 32 heavy (non-hydrogen) atoms. The Labute approximate surface area is 192 Å². The minimum atomic E-state index is -3.58. The quantitative estimate of drug-likeness (QED) is 0.546. The van der Waals surface area contributed by atoms with E-state index in [1.807, 2.05) is 36.6 Å². The summed E-state index contributed by atoms with van der Waals surface area (Å²) in [5.41, 5.74) is 2.38. The smallest absolute Gasteiger partial charge is 0.279 e. The van der Waals surface area contributed by atoms with Crippen LogP contribution in [0, 0.1) is 19.3 Å². The fraction of sp³-hybridized carbons (Fsp3) is 0.333. The van der Waals surface area contributed by atoms with E-state index in [9.17, 15) is 13.2 Å². The van der Waals surface area contributed by atoms with Crippen molar-refractivity contribution in [2.45, 2.75) is 50.6 Å². The maximum atomic E-state index is 13.0. The molecule has 2 heterocycles. The molecule has 0 radical (unpaired) electrons. The number of terminal acetylenes is 1. The lowest BCUT2D eigenvalue weighted by molar-refractivity contribution is 0.0997. The summed E-state index contributed by atoms with van der Waals surface area (Å²) in [5.74, 6) is 2.18. The van der Waals surface area contributed by atoms with Crippen LogP contribution in [0.1, 0.15) is 42.1 Å². The number of piperidine rings is 1. The van der Waals surface area contributed by atoms with E-state index in [1.54, 1.807) is 4.31 Å². The van der Waals surface area contributed by atoms with E-state index in [4.69, 9.17) is 6.42 Å². The minimum absolute atomic E-state index is 0.0201. The minimum Gasteiger partial charge on any atom is -0.305 e. The first-order chi connectivity index (χ1) is 15.3. The lowest BCUT2D eigenvalue weighted by Gasteiger charge is -2.32. The second-order valence-electron chi connectivity index (χ2n) is 8.05. The van der Waals surface area contributed by atoms with Crippen molar-refractivity contribution in [3.8, 4) is 12.3 Å². The third kappa shape index (κ3) is 4.29. The van der Waals surface area contributed by atoms with Gasteiger partial charge in [0.25, 0.3) is 5.91 Å². The highest BCUT2D eigenvalue weighted by Crippen LogP contribution is 2.25. The van der Waals surface area contributed by atoms with Crippen molar-refractivity contribution in [3.63, 3.8) is 0 Å². The van der Waals surface area contributed by atoms with Gasteiger partial charge in [0.15, 0.2) is 4.80 Å². The first kappa shape index (κ1) is 22.5. The first-order valence-corrected chi connectivity index (χ1v) is 12.8. The summed E-state index contributed by atoms with van der Waals surface area (Å²) in [6, 6.07) is 12.0. The topological polar surface area (TPSA) is 71.7 Å². The Morgan fingerprint density at radius 3 is 2.66 bits per heavy atom. The van der Waals surface area contributed by atoms with E-state index in [-0.39, 0.29) is 10.9 Å².